The normalized spacial score (nSPS) is 36.8. The zero-order valence-electron chi connectivity index (χ0n) is 9.80. The molecule has 1 heterocycles. The van der Waals surface area contributed by atoms with Crippen LogP contribution in [0.2, 0.25) is 0 Å². The lowest BCUT2D eigenvalue weighted by Crippen LogP contribution is -2.45. The van der Waals surface area contributed by atoms with Crippen molar-refractivity contribution in [1.82, 2.24) is 5.32 Å². The number of nitrogens with two attached hydrogens (primary N) is 1. The molecular formula is C12H24N2O. The van der Waals surface area contributed by atoms with Crippen molar-refractivity contribution >= 4 is 0 Å². The molecule has 0 aromatic carbocycles. The summed E-state index contributed by atoms with van der Waals surface area (Å²) < 4.78 is 5.42. The first-order chi connectivity index (χ1) is 7.21. The Morgan fingerprint density at radius 2 is 2.27 bits per heavy atom. The molecule has 2 fully saturated rings. The number of hydrogen-bond acceptors (Lipinski definition) is 3. The minimum absolute atomic E-state index is 0.152. The van der Waals surface area contributed by atoms with E-state index in [1.54, 1.807) is 0 Å². The molecule has 2 unspecified atom stereocenters. The number of nitrogens with one attached hydrogen (secondary N) is 1. The molecule has 3 N–H and O–H groups in total. The van der Waals surface area contributed by atoms with Crippen LogP contribution in [-0.4, -0.2) is 32.3 Å². The zero-order chi connectivity index (χ0) is 10.7. The van der Waals surface area contributed by atoms with E-state index in [1.165, 1.54) is 25.7 Å². The highest BCUT2D eigenvalue weighted by Crippen LogP contribution is 2.29. The van der Waals surface area contributed by atoms with Crippen molar-refractivity contribution in [3.63, 3.8) is 0 Å². The summed E-state index contributed by atoms with van der Waals surface area (Å²) in [5, 5.41) is 3.54. The third-order valence-electron chi connectivity index (χ3n) is 4.11. The van der Waals surface area contributed by atoms with Crippen molar-refractivity contribution in [2.24, 2.45) is 17.1 Å². The highest BCUT2D eigenvalue weighted by Gasteiger charge is 2.37. The van der Waals surface area contributed by atoms with Gasteiger partial charge in [0, 0.05) is 18.0 Å². The van der Waals surface area contributed by atoms with Gasteiger partial charge in [0.05, 0.1) is 13.2 Å². The predicted molar refractivity (Wildman–Crippen MR) is 61.7 cm³/mol. The standard InChI is InChI=1S/C12H24N2O/c1-12(9-15-7-11(12)13)8-14-6-5-10-3-2-4-10/h10-11,14H,2-9,13H2,1H3. The van der Waals surface area contributed by atoms with Crippen LogP contribution in [-0.2, 0) is 4.74 Å². The quantitative estimate of drug-likeness (QED) is 0.672. The van der Waals surface area contributed by atoms with Crippen molar-refractivity contribution in [3.8, 4) is 0 Å². The molecule has 0 amide bonds. The van der Waals surface area contributed by atoms with Gasteiger partial charge in [0.1, 0.15) is 0 Å². The average molecular weight is 212 g/mol. The molecule has 1 saturated heterocycles. The van der Waals surface area contributed by atoms with Gasteiger partial charge in [-0.3, -0.25) is 0 Å². The summed E-state index contributed by atoms with van der Waals surface area (Å²) in [7, 11) is 0. The molecule has 1 aliphatic heterocycles. The van der Waals surface area contributed by atoms with Crippen LogP contribution in [0.1, 0.15) is 32.6 Å². The van der Waals surface area contributed by atoms with Crippen molar-refractivity contribution < 1.29 is 4.74 Å². The van der Waals surface area contributed by atoms with E-state index in [-0.39, 0.29) is 11.5 Å². The van der Waals surface area contributed by atoms with E-state index in [2.05, 4.69) is 12.2 Å². The second-order valence-corrected chi connectivity index (χ2v) is 5.54. The minimum atomic E-state index is 0.152. The first-order valence-corrected chi connectivity index (χ1v) is 6.25. The van der Waals surface area contributed by atoms with Gasteiger partial charge in [-0.25, -0.2) is 0 Å². The Hall–Kier alpha value is -0.120. The van der Waals surface area contributed by atoms with Gasteiger partial charge in [-0.15, -0.1) is 0 Å². The maximum atomic E-state index is 6.03. The van der Waals surface area contributed by atoms with Gasteiger partial charge in [-0.05, 0) is 18.9 Å². The molecule has 0 bridgehead atoms. The summed E-state index contributed by atoms with van der Waals surface area (Å²) in [6.45, 7) is 5.90. The second-order valence-electron chi connectivity index (χ2n) is 5.54. The third-order valence-corrected chi connectivity index (χ3v) is 4.11. The van der Waals surface area contributed by atoms with Gasteiger partial charge in [0.15, 0.2) is 0 Å². The van der Waals surface area contributed by atoms with Crippen LogP contribution >= 0.6 is 0 Å². The van der Waals surface area contributed by atoms with Gasteiger partial charge in [-0.1, -0.05) is 26.2 Å². The maximum Gasteiger partial charge on any atom is 0.0624 e. The molecule has 2 atom stereocenters. The van der Waals surface area contributed by atoms with E-state index in [1.807, 2.05) is 0 Å². The summed E-state index contributed by atoms with van der Waals surface area (Å²) in [6, 6.07) is 0.203. The third kappa shape index (κ3) is 2.71. The number of hydrogen-bond donors (Lipinski definition) is 2. The van der Waals surface area contributed by atoms with E-state index in [9.17, 15) is 0 Å². The SMILES string of the molecule is CC1(CNCCC2CCC2)COCC1N. The van der Waals surface area contributed by atoms with Crippen LogP contribution in [0.3, 0.4) is 0 Å². The smallest absolute Gasteiger partial charge is 0.0624 e. The van der Waals surface area contributed by atoms with E-state index < -0.39 is 0 Å². The van der Waals surface area contributed by atoms with Gasteiger partial charge < -0.3 is 15.8 Å². The molecule has 3 nitrogen and oxygen atoms in total. The van der Waals surface area contributed by atoms with Crippen molar-refractivity contribution in [3.05, 3.63) is 0 Å². The van der Waals surface area contributed by atoms with Crippen molar-refractivity contribution in [2.75, 3.05) is 26.3 Å². The Morgan fingerprint density at radius 1 is 1.47 bits per heavy atom. The summed E-state index contributed by atoms with van der Waals surface area (Å²) in [5.74, 6) is 0.999. The lowest BCUT2D eigenvalue weighted by molar-refractivity contribution is 0.157. The topological polar surface area (TPSA) is 47.3 Å². The van der Waals surface area contributed by atoms with Crippen molar-refractivity contribution in [1.29, 1.82) is 0 Å². The molecule has 3 heteroatoms. The summed E-state index contributed by atoms with van der Waals surface area (Å²) in [6.07, 6.45) is 5.68. The van der Waals surface area contributed by atoms with Gasteiger partial charge >= 0.3 is 0 Å². The monoisotopic (exact) mass is 212 g/mol. The van der Waals surface area contributed by atoms with Gasteiger partial charge in [-0.2, -0.15) is 0 Å². The fourth-order valence-corrected chi connectivity index (χ4v) is 2.37. The Labute approximate surface area is 92.7 Å². The van der Waals surface area contributed by atoms with Crippen LogP contribution < -0.4 is 11.1 Å². The summed E-state index contributed by atoms with van der Waals surface area (Å²) in [5.41, 5.74) is 6.18. The summed E-state index contributed by atoms with van der Waals surface area (Å²) >= 11 is 0. The molecule has 0 radical (unpaired) electrons. The highest BCUT2D eigenvalue weighted by molar-refractivity contribution is 4.91. The highest BCUT2D eigenvalue weighted by atomic mass is 16.5. The molecule has 0 aromatic rings. The molecule has 2 aliphatic rings. The largest absolute Gasteiger partial charge is 0.379 e. The molecule has 1 aliphatic carbocycles. The fourth-order valence-electron chi connectivity index (χ4n) is 2.37. The van der Waals surface area contributed by atoms with Gasteiger partial charge in [0.25, 0.3) is 0 Å². The fraction of sp³-hybridized carbons (Fsp3) is 1.00. The Kier molecular flexibility index (Phi) is 3.65. The second kappa shape index (κ2) is 4.81. The molecule has 15 heavy (non-hydrogen) atoms. The van der Waals surface area contributed by atoms with Crippen molar-refractivity contribution in [2.45, 2.75) is 38.6 Å². The summed E-state index contributed by atoms with van der Waals surface area (Å²) in [4.78, 5) is 0. The first kappa shape index (κ1) is 11.4. The van der Waals surface area contributed by atoms with E-state index in [0.29, 0.717) is 0 Å². The van der Waals surface area contributed by atoms with Crippen LogP contribution in [0.4, 0.5) is 0 Å². The lowest BCUT2D eigenvalue weighted by Gasteiger charge is -2.29. The molecular weight excluding hydrogens is 188 g/mol. The van der Waals surface area contributed by atoms with Crippen LogP contribution in [0.15, 0.2) is 0 Å². The number of rotatable bonds is 5. The molecule has 0 aromatic heterocycles. The molecule has 2 rings (SSSR count). The first-order valence-electron chi connectivity index (χ1n) is 6.25. The Balaban J connectivity index is 1.59. The van der Waals surface area contributed by atoms with Crippen LogP contribution in [0.5, 0.6) is 0 Å². The van der Waals surface area contributed by atoms with E-state index in [0.717, 1.165) is 32.2 Å². The average Bonchev–Trinajstić information content (AvgIpc) is 2.44. The van der Waals surface area contributed by atoms with Crippen LogP contribution in [0.25, 0.3) is 0 Å². The molecule has 88 valence electrons. The minimum Gasteiger partial charge on any atom is -0.379 e. The maximum absolute atomic E-state index is 6.03. The Morgan fingerprint density at radius 3 is 2.80 bits per heavy atom. The predicted octanol–water partition coefficient (Wildman–Crippen LogP) is 1.13. The van der Waals surface area contributed by atoms with Gasteiger partial charge in [0.2, 0.25) is 0 Å². The number of ether oxygens (including phenoxy) is 1. The molecule has 1 saturated carbocycles. The Bertz CT molecular complexity index is 206. The van der Waals surface area contributed by atoms with Crippen LogP contribution in [0, 0.1) is 11.3 Å². The lowest BCUT2D eigenvalue weighted by atomic mass is 9.82. The molecule has 0 spiro atoms. The van der Waals surface area contributed by atoms with E-state index in [4.69, 9.17) is 10.5 Å². The van der Waals surface area contributed by atoms with E-state index >= 15 is 0 Å². The zero-order valence-corrected chi connectivity index (χ0v) is 9.80.